The summed E-state index contributed by atoms with van der Waals surface area (Å²) in [5.41, 5.74) is 2.73. The predicted molar refractivity (Wildman–Crippen MR) is 116 cm³/mol. The van der Waals surface area contributed by atoms with Crippen molar-refractivity contribution in [2.24, 2.45) is 11.8 Å². The van der Waals surface area contributed by atoms with Crippen LogP contribution in [0.4, 0.5) is 4.39 Å². The van der Waals surface area contributed by atoms with E-state index in [1.54, 1.807) is 42.7 Å². The Hall–Kier alpha value is -3.79. The van der Waals surface area contributed by atoms with Gasteiger partial charge in [-0.15, -0.1) is 0 Å². The number of hydrogen-bond donors (Lipinski definition) is 0. The molecule has 0 unspecified atom stereocenters. The van der Waals surface area contributed by atoms with Gasteiger partial charge in [0.15, 0.2) is 11.6 Å². The first-order chi connectivity index (χ1) is 15.4. The third-order valence-electron chi connectivity index (χ3n) is 6.79. The molecule has 2 heterocycles. The molecule has 0 amide bonds. The zero-order valence-corrected chi connectivity index (χ0v) is 17.7. The minimum atomic E-state index is -0.640. The van der Waals surface area contributed by atoms with Crippen molar-refractivity contribution >= 4 is 5.78 Å². The van der Waals surface area contributed by atoms with Gasteiger partial charge >= 0.3 is 0 Å². The van der Waals surface area contributed by atoms with Crippen molar-refractivity contribution in [1.29, 1.82) is 0 Å². The molecule has 0 bridgehead atoms. The van der Waals surface area contributed by atoms with E-state index in [9.17, 15) is 9.18 Å². The van der Waals surface area contributed by atoms with E-state index >= 15 is 0 Å². The molecule has 0 saturated heterocycles. The summed E-state index contributed by atoms with van der Waals surface area (Å²) in [6.07, 6.45) is 6.26. The van der Waals surface area contributed by atoms with Crippen LogP contribution in [-0.2, 0) is 16.6 Å². The highest BCUT2D eigenvalue weighted by molar-refractivity contribution is 6.00. The third-order valence-corrected chi connectivity index (χ3v) is 6.79. The summed E-state index contributed by atoms with van der Waals surface area (Å²) in [4.78, 5) is 25.9. The summed E-state index contributed by atoms with van der Waals surface area (Å²) in [6, 6.07) is 8.33. The number of allylic oxidation sites excluding steroid dienone is 2. The maximum Gasteiger partial charge on any atom is 0.226 e. The van der Waals surface area contributed by atoms with Gasteiger partial charge in [-0.25, -0.2) is 19.2 Å². The van der Waals surface area contributed by atoms with E-state index in [-0.39, 0.29) is 29.1 Å². The van der Waals surface area contributed by atoms with Crippen LogP contribution >= 0.6 is 0 Å². The van der Waals surface area contributed by atoms with Crippen LogP contribution in [-0.4, -0.2) is 25.9 Å². The third kappa shape index (κ3) is 2.94. The molecule has 3 atom stereocenters. The van der Waals surface area contributed by atoms with Gasteiger partial charge in [-0.3, -0.25) is 0 Å². The fourth-order valence-electron chi connectivity index (χ4n) is 5.17. The van der Waals surface area contributed by atoms with Crippen molar-refractivity contribution in [2.75, 3.05) is 0 Å². The van der Waals surface area contributed by atoms with E-state index in [1.807, 2.05) is 13.8 Å². The lowest BCUT2D eigenvalue weighted by Gasteiger charge is -2.46. The second-order valence-electron chi connectivity index (χ2n) is 8.56. The second-order valence-corrected chi connectivity index (χ2v) is 8.56. The fraction of sp³-hybridized carbons (Fsp3) is 0.280. The van der Waals surface area contributed by atoms with Crippen molar-refractivity contribution in [3.63, 3.8) is 0 Å². The summed E-state index contributed by atoms with van der Waals surface area (Å²) < 4.78 is 14.9. The number of carbonyl (C=O) groups is 1. The second kappa shape index (κ2) is 7.41. The zero-order chi connectivity index (χ0) is 22.5. The van der Waals surface area contributed by atoms with Crippen molar-refractivity contribution in [3.8, 4) is 22.6 Å². The summed E-state index contributed by atoms with van der Waals surface area (Å²) in [5, 5.41) is 7.76. The molecule has 158 valence electrons. The van der Waals surface area contributed by atoms with Crippen LogP contribution in [0, 0.1) is 24.2 Å². The number of Topliss-reactive ketones (excluding diaryl/α,β-unsaturated/α-hetero) is 1. The normalized spacial score (nSPS) is 24.2. The molecular formula is C25H20FN5O. The highest BCUT2D eigenvalue weighted by Crippen LogP contribution is 2.51. The van der Waals surface area contributed by atoms with Crippen LogP contribution in [0.15, 0.2) is 54.5 Å². The molecule has 2 aliphatic carbocycles. The number of rotatable bonds is 2. The molecule has 0 aliphatic heterocycles. The van der Waals surface area contributed by atoms with Crippen molar-refractivity contribution in [1.82, 2.24) is 20.2 Å². The topological polar surface area (TPSA) is 73.0 Å². The van der Waals surface area contributed by atoms with Crippen molar-refractivity contribution in [3.05, 3.63) is 83.0 Å². The molecule has 0 saturated carbocycles. The molecular weight excluding hydrogens is 405 g/mol. The summed E-state index contributed by atoms with van der Waals surface area (Å²) >= 11 is 0. The Balaban J connectivity index is 1.83. The van der Waals surface area contributed by atoms with E-state index in [2.05, 4.69) is 15.0 Å². The summed E-state index contributed by atoms with van der Waals surface area (Å²) in [5.74, 6) is -0.349. The molecule has 3 aromatic rings. The molecule has 5 rings (SSSR count). The minimum Gasteiger partial charge on any atom is -0.308 e. The zero-order valence-electron chi connectivity index (χ0n) is 17.7. The van der Waals surface area contributed by atoms with Crippen molar-refractivity contribution in [2.45, 2.75) is 32.1 Å². The quantitative estimate of drug-likeness (QED) is 0.562. The van der Waals surface area contributed by atoms with Crippen LogP contribution in [0.5, 0.6) is 0 Å². The maximum atomic E-state index is 14.9. The molecule has 2 aliphatic rings. The van der Waals surface area contributed by atoms with Gasteiger partial charge in [0.25, 0.3) is 0 Å². The van der Waals surface area contributed by atoms with Gasteiger partial charge in [0, 0.05) is 28.0 Å². The highest BCUT2D eigenvalue weighted by Gasteiger charge is 2.49. The van der Waals surface area contributed by atoms with Gasteiger partial charge in [-0.1, -0.05) is 32.1 Å². The lowest BCUT2D eigenvalue weighted by molar-refractivity contribution is -0.121. The molecule has 7 heteroatoms. The van der Waals surface area contributed by atoms with Crippen LogP contribution in [0.3, 0.4) is 0 Å². The lowest BCUT2D eigenvalue weighted by atomic mass is 9.58. The standard InChI is InChI=1S/C25H20FN5O/c1-14-18-9-8-17-21(16-6-4-5-7-19(16)26)30-24(15-10-11-28-29-13-15)31-23(17)25(18,2)12-20(27-3)22(14)32/h4-7,10-14,18H,8-9H2,1-2H3/t14-,18-,25-/m1/s1. The molecule has 0 spiro atoms. The number of benzene rings is 1. The molecule has 0 N–H and O–H groups in total. The van der Waals surface area contributed by atoms with E-state index in [1.165, 1.54) is 6.07 Å². The molecule has 1 aromatic carbocycles. The van der Waals surface area contributed by atoms with E-state index < -0.39 is 5.41 Å². The van der Waals surface area contributed by atoms with Gasteiger partial charge in [0.2, 0.25) is 5.70 Å². The predicted octanol–water partition coefficient (Wildman–Crippen LogP) is 4.58. The van der Waals surface area contributed by atoms with Crippen LogP contribution in [0.25, 0.3) is 27.5 Å². The van der Waals surface area contributed by atoms with Gasteiger partial charge < -0.3 is 4.79 Å². The highest BCUT2D eigenvalue weighted by atomic mass is 19.1. The Morgan fingerprint density at radius 1 is 1.19 bits per heavy atom. The first-order valence-corrected chi connectivity index (χ1v) is 10.5. The molecule has 2 aromatic heterocycles. The van der Waals surface area contributed by atoms with Crippen LogP contribution in [0.1, 0.15) is 31.5 Å². The number of nitrogens with zero attached hydrogens (tertiary/aromatic N) is 5. The Labute approximate surface area is 185 Å². The molecule has 32 heavy (non-hydrogen) atoms. The maximum absolute atomic E-state index is 14.9. The van der Waals surface area contributed by atoms with Gasteiger partial charge in [-0.2, -0.15) is 10.2 Å². The minimum absolute atomic E-state index is 0.000199. The Morgan fingerprint density at radius 3 is 2.72 bits per heavy atom. The van der Waals surface area contributed by atoms with Crippen molar-refractivity contribution < 1.29 is 9.18 Å². The Kier molecular flexibility index (Phi) is 4.66. The molecule has 0 fully saturated rings. The molecule has 0 radical (unpaired) electrons. The lowest BCUT2D eigenvalue weighted by Crippen LogP contribution is -2.46. The Morgan fingerprint density at radius 2 is 2.00 bits per heavy atom. The largest absolute Gasteiger partial charge is 0.308 e. The smallest absolute Gasteiger partial charge is 0.226 e. The van der Waals surface area contributed by atoms with Crippen LogP contribution in [0.2, 0.25) is 0 Å². The summed E-state index contributed by atoms with van der Waals surface area (Å²) in [7, 11) is 0. The Bertz CT molecular complexity index is 1310. The van der Waals surface area contributed by atoms with Gasteiger partial charge in [0.05, 0.1) is 30.4 Å². The first kappa shape index (κ1) is 20.1. The number of aromatic nitrogens is 4. The van der Waals surface area contributed by atoms with E-state index in [0.717, 1.165) is 17.7 Å². The number of carbonyl (C=O) groups excluding carboxylic acids is 1. The SMILES string of the molecule is [C-]#[N+]C1=C[C@@]2(C)c3nc(-c4ccnnc4)nc(-c4ccccc4F)c3CC[C@@H]2[C@@H](C)C1=O. The average molecular weight is 425 g/mol. The summed E-state index contributed by atoms with van der Waals surface area (Å²) in [6.45, 7) is 11.4. The fourth-order valence-corrected chi connectivity index (χ4v) is 5.17. The van der Waals surface area contributed by atoms with E-state index in [4.69, 9.17) is 16.5 Å². The van der Waals surface area contributed by atoms with E-state index in [0.29, 0.717) is 29.1 Å². The average Bonchev–Trinajstić information content (AvgIpc) is 2.82. The van der Waals surface area contributed by atoms with Crippen LogP contribution < -0.4 is 0 Å². The van der Waals surface area contributed by atoms with Gasteiger partial charge in [0.1, 0.15) is 5.82 Å². The molecule has 6 nitrogen and oxygen atoms in total. The van der Waals surface area contributed by atoms with Gasteiger partial charge in [-0.05, 0) is 37.0 Å². The number of halogens is 1. The monoisotopic (exact) mass is 425 g/mol. The number of hydrogen-bond acceptors (Lipinski definition) is 5. The first-order valence-electron chi connectivity index (χ1n) is 10.5. The number of ketones is 1. The number of fused-ring (bicyclic) bond motifs is 3.